The van der Waals surface area contributed by atoms with E-state index in [9.17, 15) is 4.79 Å². The fraction of sp³-hybridized carbons (Fsp3) is 0.444. The molecule has 0 aromatic carbocycles. The van der Waals surface area contributed by atoms with Gasteiger partial charge in [-0.15, -0.1) is 0 Å². The van der Waals surface area contributed by atoms with Crippen molar-refractivity contribution in [2.45, 2.75) is 19.8 Å². The van der Waals surface area contributed by atoms with Crippen molar-refractivity contribution in [2.75, 3.05) is 0 Å². The Morgan fingerprint density at radius 1 is 1.75 bits per heavy atom. The molecule has 1 heterocycles. The van der Waals surface area contributed by atoms with E-state index in [0.29, 0.717) is 12.8 Å². The Labute approximate surface area is 71.4 Å². The fourth-order valence-corrected chi connectivity index (χ4v) is 1.18. The molecule has 0 fully saturated rings. The highest BCUT2D eigenvalue weighted by Crippen LogP contribution is 2.11. The zero-order valence-electron chi connectivity index (χ0n) is 7.08. The lowest BCUT2D eigenvalue weighted by atomic mass is 9.99. The van der Waals surface area contributed by atoms with Crippen LogP contribution in [0.1, 0.15) is 18.9 Å². The molecule has 1 unspecified atom stereocenters. The second kappa shape index (κ2) is 3.95. The van der Waals surface area contributed by atoms with E-state index >= 15 is 0 Å². The molecule has 0 aliphatic rings. The number of carboxylic acid groups (broad SMARTS) is 1. The van der Waals surface area contributed by atoms with E-state index < -0.39 is 5.97 Å². The normalized spacial score (nSPS) is 12.8. The maximum Gasteiger partial charge on any atom is 0.306 e. The topological polar surface area (TPSA) is 53.1 Å². The summed E-state index contributed by atoms with van der Waals surface area (Å²) in [6.07, 6.45) is 4.95. The van der Waals surface area contributed by atoms with Gasteiger partial charge in [0.05, 0.1) is 5.92 Å². The summed E-state index contributed by atoms with van der Waals surface area (Å²) in [6, 6.07) is 1.91. The van der Waals surface area contributed by atoms with Crippen molar-refractivity contribution in [1.82, 2.24) is 4.98 Å². The third-order valence-electron chi connectivity index (χ3n) is 1.99. The molecule has 1 aromatic rings. The van der Waals surface area contributed by atoms with Crippen LogP contribution in [0, 0.1) is 5.92 Å². The van der Waals surface area contributed by atoms with E-state index in [1.807, 2.05) is 25.4 Å². The van der Waals surface area contributed by atoms with Gasteiger partial charge in [-0.05, 0) is 24.5 Å². The van der Waals surface area contributed by atoms with Crippen LogP contribution in [0.2, 0.25) is 0 Å². The minimum atomic E-state index is -0.710. The number of rotatable bonds is 4. The van der Waals surface area contributed by atoms with Crippen molar-refractivity contribution in [3.05, 3.63) is 24.0 Å². The van der Waals surface area contributed by atoms with E-state index in [1.54, 1.807) is 0 Å². The Morgan fingerprint density at radius 2 is 2.50 bits per heavy atom. The predicted molar refractivity (Wildman–Crippen MR) is 45.9 cm³/mol. The molecule has 1 aromatic heterocycles. The fourth-order valence-electron chi connectivity index (χ4n) is 1.18. The van der Waals surface area contributed by atoms with Gasteiger partial charge in [-0.2, -0.15) is 0 Å². The van der Waals surface area contributed by atoms with Crippen molar-refractivity contribution in [3.63, 3.8) is 0 Å². The zero-order chi connectivity index (χ0) is 8.97. The first kappa shape index (κ1) is 8.84. The van der Waals surface area contributed by atoms with Crippen LogP contribution in [-0.4, -0.2) is 16.1 Å². The molecule has 0 radical (unpaired) electrons. The monoisotopic (exact) mass is 167 g/mol. The van der Waals surface area contributed by atoms with Crippen LogP contribution in [0.25, 0.3) is 0 Å². The summed E-state index contributed by atoms with van der Waals surface area (Å²) in [5.74, 6) is -0.959. The summed E-state index contributed by atoms with van der Waals surface area (Å²) in [6.45, 7) is 1.89. The number of hydrogen-bond donors (Lipinski definition) is 2. The summed E-state index contributed by atoms with van der Waals surface area (Å²) in [5, 5.41) is 8.76. The summed E-state index contributed by atoms with van der Waals surface area (Å²) in [5.41, 5.74) is 1.06. The van der Waals surface area contributed by atoms with Crippen LogP contribution in [0.5, 0.6) is 0 Å². The molecule has 1 rings (SSSR count). The highest BCUT2D eigenvalue weighted by atomic mass is 16.4. The lowest BCUT2D eigenvalue weighted by Crippen LogP contribution is -2.14. The van der Waals surface area contributed by atoms with Gasteiger partial charge in [-0.3, -0.25) is 4.79 Å². The van der Waals surface area contributed by atoms with Gasteiger partial charge in [0.2, 0.25) is 0 Å². The molecule has 0 aliphatic carbocycles. The lowest BCUT2D eigenvalue weighted by molar-refractivity contribution is -0.141. The molecule has 0 spiro atoms. The van der Waals surface area contributed by atoms with E-state index in [4.69, 9.17) is 5.11 Å². The van der Waals surface area contributed by atoms with Crippen LogP contribution in [-0.2, 0) is 11.2 Å². The Morgan fingerprint density at radius 3 is 2.92 bits per heavy atom. The first-order valence-corrected chi connectivity index (χ1v) is 4.08. The summed E-state index contributed by atoms with van der Waals surface area (Å²) in [7, 11) is 0. The zero-order valence-corrected chi connectivity index (χ0v) is 7.08. The number of carboxylic acids is 1. The number of H-pyrrole nitrogens is 1. The Hall–Kier alpha value is -1.25. The highest BCUT2D eigenvalue weighted by molar-refractivity contribution is 5.70. The largest absolute Gasteiger partial charge is 0.481 e. The average molecular weight is 167 g/mol. The molecule has 3 nitrogen and oxygen atoms in total. The van der Waals surface area contributed by atoms with Crippen LogP contribution in [0.4, 0.5) is 0 Å². The molecule has 0 bridgehead atoms. The SMILES string of the molecule is CCC(Cc1cc[nH]c1)C(=O)O. The molecule has 1 atom stereocenters. The maximum absolute atomic E-state index is 10.6. The Kier molecular flexibility index (Phi) is 2.91. The molecule has 0 saturated carbocycles. The van der Waals surface area contributed by atoms with Crippen molar-refractivity contribution >= 4 is 5.97 Å². The Balaban J connectivity index is 2.54. The smallest absolute Gasteiger partial charge is 0.306 e. The number of aromatic nitrogens is 1. The van der Waals surface area contributed by atoms with Gasteiger partial charge < -0.3 is 10.1 Å². The van der Waals surface area contributed by atoms with Crippen LogP contribution in [0.3, 0.4) is 0 Å². The van der Waals surface area contributed by atoms with E-state index in [-0.39, 0.29) is 5.92 Å². The van der Waals surface area contributed by atoms with Crippen LogP contribution < -0.4 is 0 Å². The van der Waals surface area contributed by atoms with Gasteiger partial charge in [0.1, 0.15) is 0 Å². The number of aromatic amines is 1. The van der Waals surface area contributed by atoms with Crippen LogP contribution in [0.15, 0.2) is 18.5 Å². The molecule has 3 heteroatoms. The quantitative estimate of drug-likeness (QED) is 0.716. The second-order valence-corrected chi connectivity index (χ2v) is 2.87. The van der Waals surface area contributed by atoms with Crippen molar-refractivity contribution in [3.8, 4) is 0 Å². The molecule has 12 heavy (non-hydrogen) atoms. The van der Waals surface area contributed by atoms with Gasteiger partial charge in [0, 0.05) is 12.4 Å². The second-order valence-electron chi connectivity index (χ2n) is 2.87. The number of aliphatic carboxylic acids is 1. The molecule has 0 amide bonds. The van der Waals surface area contributed by atoms with Gasteiger partial charge in [-0.25, -0.2) is 0 Å². The molecule has 0 saturated heterocycles. The number of carbonyl (C=O) groups is 1. The van der Waals surface area contributed by atoms with Gasteiger partial charge >= 0.3 is 5.97 Å². The van der Waals surface area contributed by atoms with Crippen LogP contribution >= 0.6 is 0 Å². The average Bonchev–Trinajstić information content (AvgIpc) is 2.51. The first-order chi connectivity index (χ1) is 5.74. The van der Waals surface area contributed by atoms with E-state index in [0.717, 1.165) is 5.56 Å². The number of hydrogen-bond acceptors (Lipinski definition) is 1. The highest BCUT2D eigenvalue weighted by Gasteiger charge is 2.15. The van der Waals surface area contributed by atoms with Crippen molar-refractivity contribution in [2.24, 2.45) is 5.92 Å². The molecular weight excluding hydrogens is 154 g/mol. The minimum Gasteiger partial charge on any atom is -0.481 e. The summed E-state index contributed by atoms with van der Waals surface area (Å²) in [4.78, 5) is 13.6. The van der Waals surface area contributed by atoms with E-state index in [2.05, 4.69) is 4.98 Å². The Bertz CT molecular complexity index is 241. The first-order valence-electron chi connectivity index (χ1n) is 4.08. The lowest BCUT2D eigenvalue weighted by Gasteiger charge is -2.06. The standard InChI is InChI=1S/C9H13NO2/c1-2-8(9(11)12)5-7-3-4-10-6-7/h3-4,6,8,10H,2,5H2,1H3,(H,11,12). The van der Waals surface area contributed by atoms with Gasteiger partial charge in [-0.1, -0.05) is 6.92 Å². The molecule has 66 valence electrons. The van der Waals surface area contributed by atoms with Gasteiger partial charge in [0.25, 0.3) is 0 Å². The van der Waals surface area contributed by atoms with E-state index in [1.165, 1.54) is 0 Å². The summed E-state index contributed by atoms with van der Waals surface area (Å²) >= 11 is 0. The van der Waals surface area contributed by atoms with Crippen molar-refractivity contribution in [1.29, 1.82) is 0 Å². The predicted octanol–water partition coefficient (Wildman–Crippen LogP) is 1.67. The summed E-state index contributed by atoms with van der Waals surface area (Å²) < 4.78 is 0. The minimum absolute atomic E-state index is 0.249. The van der Waals surface area contributed by atoms with Crippen molar-refractivity contribution < 1.29 is 9.90 Å². The molecule has 0 aliphatic heterocycles. The molecule has 2 N–H and O–H groups in total. The third kappa shape index (κ3) is 2.12. The number of nitrogens with one attached hydrogen (secondary N) is 1. The van der Waals surface area contributed by atoms with Gasteiger partial charge in [0.15, 0.2) is 0 Å². The maximum atomic E-state index is 10.6. The molecular formula is C9H13NO2. The third-order valence-corrected chi connectivity index (χ3v) is 1.99.